The zero-order valence-corrected chi connectivity index (χ0v) is 10.8. The lowest BCUT2D eigenvalue weighted by Crippen LogP contribution is -2.45. The molecule has 1 aliphatic carbocycles. The van der Waals surface area contributed by atoms with Crippen molar-refractivity contribution < 1.29 is 22.7 Å². The van der Waals surface area contributed by atoms with Crippen LogP contribution < -0.4 is 0 Å². The van der Waals surface area contributed by atoms with E-state index in [0.717, 1.165) is 19.3 Å². The number of hydrogen-bond acceptors (Lipinski definition) is 2. The standard InChI is InChI=1S/C11H17ClF3NO2/c12-5-6-16(9-2-1-3-9)10(17)4-7-18-8-11(13,14)15/h9H,1-8H2. The molecule has 0 aromatic carbocycles. The summed E-state index contributed by atoms with van der Waals surface area (Å²) < 4.78 is 39.9. The molecule has 1 saturated carbocycles. The van der Waals surface area contributed by atoms with Gasteiger partial charge in [0.05, 0.1) is 13.0 Å². The molecule has 0 heterocycles. The predicted molar refractivity (Wildman–Crippen MR) is 61.6 cm³/mol. The number of carbonyl (C=O) groups excluding carboxylic acids is 1. The molecule has 7 heteroatoms. The Morgan fingerprint density at radius 2 is 2.06 bits per heavy atom. The summed E-state index contributed by atoms with van der Waals surface area (Å²) in [4.78, 5) is 13.5. The van der Waals surface area contributed by atoms with Crippen molar-refractivity contribution in [3.8, 4) is 0 Å². The highest BCUT2D eigenvalue weighted by molar-refractivity contribution is 6.18. The Morgan fingerprint density at radius 3 is 2.50 bits per heavy atom. The van der Waals surface area contributed by atoms with Crippen molar-refractivity contribution in [2.75, 3.05) is 25.6 Å². The van der Waals surface area contributed by atoms with Gasteiger partial charge < -0.3 is 9.64 Å². The molecule has 1 fully saturated rings. The van der Waals surface area contributed by atoms with Gasteiger partial charge in [-0.25, -0.2) is 0 Å². The Morgan fingerprint density at radius 1 is 1.39 bits per heavy atom. The van der Waals surface area contributed by atoms with Crippen LogP contribution in [0.4, 0.5) is 13.2 Å². The minimum absolute atomic E-state index is 0.0243. The van der Waals surface area contributed by atoms with Gasteiger partial charge in [0.1, 0.15) is 6.61 Å². The van der Waals surface area contributed by atoms with Gasteiger partial charge in [0, 0.05) is 18.5 Å². The van der Waals surface area contributed by atoms with E-state index in [1.807, 2.05) is 0 Å². The Kier molecular flexibility index (Phi) is 6.21. The molecule has 106 valence electrons. The highest BCUT2D eigenvalue weighted by atomic mass is 35.5. The largest absolute Gasteiger partial charge is 0.411 e. The molecule has 0 aliphatic heterocycles. The Hall–Kier alpha value is -0.490. The minimum Gasteiger partial charge on any atom is -0.372 e. The molecule has 0 atom stereocenters. The van der Waals surface area contributed by atoms with Crippen molar-refractivity contribution in [3.63, 3.8) is 0 Å². The van der Waals surface area contributed by atoms with Gasteiger partial charge in [0.25, 0.3) is 0 Å². The first-order chi connectivity index (χ1) is 8.44. The maximum Gasteiger partial charge on any atom is 0.411 e. The lowest BCUT2D eigenvalue weighted by molar-refractivity contribution is -0.175. The maximum atomic E-state index is 11.8. The topological polar surface area (TPSA) is 29.5 Å². The van der Waals surface area contributed by atoms with Crippen LogP contribution in [0.5, 0.6) is 0 Å². The number of amides is 1. The second-order valence-corrected chi connectivity index (χ2v) is 4.66. The number of rotatable bonds is 7. The number of halogens is 4. The average molecular weight is 288 g/mol. The molecule has 1 rings (SSSR count). The third-order valence-electron chi connectivity index (χ3n) is 2.89. The number of ether oxygens (including phenoxy) is 1. The smallest absolute Gasteiger partial charge is 0.372 e. The quantitative estimate of drug-likeness (QED) is 0.532. The summed E-state index contributed by atoms with van der Waals surface area (Å²) in [6.45, 7) is -1.06. The van der Waals surface area contributed by atoms with Gasteiger partial charge in [-0.05, 0) is 19.3 Å². The van der Waals surface area contributed by atoms with Crippen molar-refractivity contribution >= 4 is 17.5 Å². The van der Waals surface area contributed by atoms with E-state index in [9.17, 15) is 18.0 Å². The molecule has 0 aromatic rings. The molecular weight excluding hydrogens is 271 g/mol. The Balaban J connectivity index is 2.24. The van der Waals surface area contributed by atoms with E-state index in [4.69, 9.17) is 11.6 Å². The fourth-order valence-electron chi connectivity index (χ4n) is 1.79. The molecule has 1 amide bonds. The molecule has 1 aliphatic rings. The van der Waals surface area contributed by atoms with Gasteiger partial charge in [-0.3, -0.25) is 4.79 Å². The van der Waals surface area contributed by atoms with Crippen LogP contribution in [-0.4, -0.2) is 48.7 Å². The molecule has 0 aromatic heterocycles. The zero-order chi connectivity index (χ0) is 13.6. The van der Waals surface area contributed by atoms with Crippen molar-refractivity contribution in [1.82, 2.24) is 4.90 Å². The van der Waals surface area contributed by atoms with E-state index in [2.05, 4.69) is 4.74 Å². The Bertz CT molecular complexity index is 270. The molecular formula is C11H17ClF3NO2. The SMILES string of the molecule is O=C(CCOCC(F)(F)F)N(CCCl)C1CCC1. The summed E-state index contributed by atoms with van der Waals surface area (Å²) in [5.41, 5.74) is 0. The van der Waals surface area contributed by atoms with Gasteiger partial charge in [0.15, 0.2) is 0 Å². The van der Waals surface area contributed by atoms with Gasteiger partial charge in [-0.2, -0.15) is 13.2 Å². The van der Waals surface area contributed by atoms with Crippen LogP contribution in [0.2, 0.25) is 0 Å². The van der Waals surface area contributed by atoms with Gasteiger partial charge >= 0.3 is 6.18 Å². The summed E-state index contributed by atoms with van der Waals surface area (Å²) in [5, 5.41) is 0. The van der Waals surface area contributed by atoms with E-state index in [1.165, 1.54) is 0 Å². The van der Waals surface area contributed by atoms with Crippen molar-refractivity contribution in [1.29, 1.82) is 0 Å². The van der Waals surface area contributed by atoms with E-state index in [-0.39, 0.29) is 25.0 Å². The fourth-order valence-corrected chi connectivity index (χ4v) is 1.97. The van der Waals surface area contributed by atoms with Gasteiger partial charge in [-0.15, -0.1) is 11.6 Å². The maximum absolute atomic E-state index is 11.8. The fraction of sp³-hybridized carbons (Fsp3) is 0.909. The third-order valence-corrected chi connectivity index (χ3v) is 3.06. The summed E-state index contributed by atoms with van der Waals surface area (Å²) in [5.74, 6) is 0.161. The van der Waals surface area contributed by atoms with Crippen LogP contribution in [0.1, 0.15) is 25.7 Å². The molecule has 0 radical (unpaired) electrons. The monoisotopic (exact) mass is 287 g/mol. The van der Waals surface area contributed by atoms with Crippen molar-refractivity contribution in [2.45, 2.75) is 37.9 Å². The average Bonchev–Trinajstić information content (AvgIpc) is 2.19. The van der Waals surface area contributed by atoms with Crippen molar-refractivity contribution in [2.24, 2.45) is 0 Å². The van der Waals surface area contributed by atoms with Crippen LogP contribution in [-0.2, 0) is 9.53 Å². The second kappa shape index (κ2) is 7.19. The van der Waals surface area contributed by atoms with E-state index in [1.54, 1.807) is 4.90 Å². The van der Waals surface area contributed by atoms with E-state index in [0.29, 0.717) is 12.4 Å². The molecule has 0 spiro atoms. The first-order valence-electron chi connectivity index (χ1n) is 5.94. The first kappa shape index (κ1) is 15.6. The van der Waals surface area contributed by atoms with E-state index >= 15 is 0 Å². The van der Waals surface area contributed by atoms with Gasteiger partial charge in [0.2, 0.25) is 5.91 Å². The number of carbonyl (C=O) groups is 1. The summed E-state index contributed by atoms with van der Waals surface area (Å²) in [6, 6.07) is 0.207. The molecule has 0 N–H and O–H groups in total. The van der Waals surface area contributed by atoms with Crippen LogP contribution in [0, 0.1) is 0 Å². The summed E-state index contributed by atoms with van der Waals surface area (Å²) in [6.07, 6.45) is -1.38. The van der Waals surface area contributed by atoms with Gasteiger partial charge in [-0.1, -0.05) is 0 Å². The van der Waals surface area contributed by atoms with Crippen LogP contribution >= 0.6 is 11.6 Å². The predicted octanol–water partition coefficient (Wildman–Crippen LogP) is 2.58. The van der Waals surface area contributed by atoms with Crippen molar-refractivity contribution in [3.05, 3.63) is 0 Å². The summed E-state index contributed by atoms with van der Waals surface area (Å²) in [7, 11) is 0. The highest BCUT2D eigenvalue weighted by Gasteiger charge is 2.29. The second-order valence-electron chi connectivity index (χ2n) is 4.28. The van der Waals surface area contributed by atoms with E-state index < -0.39 is 12.8 Å². The van der Waals surface area contributed by atoms with Crippen LogP contribution in [0.3, 0.4) is 0 Å². The molecule has 0 unspecified atom stereocenters. The third kappa shape index (κ3) is 5.44. The minimum atomic E-state index is -4.34. The normalized spacial score (nSPS) is 16.4. The molecule has 3 nitrogen and oxygen atoms in total. The lowest BCUT2D eigenvalue weighted by Gasteiger charge is -2.37. The Labute approximate surface area is 109 Å². The molecule has 0 bridgehead atoms. The summed E-state index contributed by atoms with van der Waals surface area (Å²) >= 11 is 5.61. The zero-order valence-electron chi connectivity index (χ0n) is 10.0. The number of hydrogen-bond donors (Lipinski definition) is 0. The van der Waals surface area contributed by atoms with Crippen LogP contribution in [0.25, 0.3) is 0 Å². The number of nitrogens with zero attached hydrogens (tertiary/aromatic N) is 1. The molecule has 18 heavy (non-hydrogen) atoms. The highest BCUT2D eigenvalue weighted by Crippen LogP contribution is 2.25. The molecule has 0 saturated heterocycles. The first-order valence-corrected chi connectivity index (χ1v) is 6.47. The number of alkyl halides is 4. The lowest BCUT2D eigenvalue weighted by atomic mass is 9.91. The van der Waals surface area contributed by atoms with Crippen LogP contribution in [0.15, 0.2) is 0 Å².